The van der Waals surface area contributed by atoms with Crippen LogP contribution in [-0.2, 0) is 11.3 Å². The van der Waals surface area contributed by atoms with Crippen molar-refractivity contribution in [2.45, 2.75) is 43.9 Å². The van der Waals surface area contributed by atoms with Gasteiger partial charge in [-0.2, -0.15) is 0 Å². The quantitative estimate of drug-likeness (QED) is 0.918. The topological polar surface area (TPSA) is 59.4 Å². The Balaban J connectivity index is 1.47. The van der Waals surface area contributed by atoms with Gasteiger partial charge in [0.15, 0.2) is 0 Å². The molecular weight excluding hydrogens is 328 g/mol. The highest BCUT2D eigenvalue weighted by Gasteiger charge is 2.40. The van der Waals surface area contributed by atoms with Gasteiger partial charge >= 0.3 is 6.03 Å². The summed E-state index contributed by atoms with van der Waals surface area (Å²) in [7, 11) is 0. The van der Waals surface area contributed by atoms with Gasteiger partial charge in [-0.05, 0) is 18.4 Å². The Morgan fingerprint density at radius 1 is 1.27 bits per heavy atom. The molecular formula is C20H26N4O2. The van der Waals surface area contributed by atoms with E-state index in [1.807, 2.05) is 33.9 Å². The van der Waals surface area contributed by atoms with Gasteiger partial charge in [0.2, 0.25) is 0 Å². The number of nitrogens with one attached hydrogen (secondary N) is 1. The molecule has 0 radical (unpaired) electrons. The van der Waals surface area contributed by atoms with E-state index in [-0.39, 0.29) is 17.7 Å². The smallest absolute Gasteiger partial charge is 0.318 e. The second-order valence-corrected chi connectivity index (χ2v) is 7.33. The Morgan fingerprint density at radius 3 is 2.81 bits per heavy atom. The van der Waals surface area contributed by atoms with Crippen LogP contribution in [0, 0.1) is 0 Å². The first-order chi connectivity index (χ1) is 12.7. The molecule has 0 unspecified atom stereocenters. The van der Waals surface area contributed by atoms with Gasteiger partial charge in [0.05, 0.1) is 31.1 Å². The third-order valence-corrected chi connectivity index (χ3v) is 5.50. The van der Waals surface area contributed by atoms with Gasteiger partial charge in [0, 0.05) is 25.5 Å². The molecule has 2 heterocycles. The number of rotatable bonds is 4. The van der Waals surface area contributed by atoms with Gasteiger partial charge in [-0.25, -0.2) is 9.78 Å². The number of carbonyl (C=O) groups excluding carboxylic acids is 1. The molecule has 1 N–H and O–H groups in total. The number of morpholine rings is 1. The number of nitrogens with zero attached hydrogens (tertiary/aromatic N) is 3. The average molecular weight is 354 g/mol. The molecule has 2 aromatic rings. The predicted molar refractivity (Wildman–Crippen MR) is 98.7 cm³/mol. The van der Waals surface area contributed by atoms with Crippen molar-refractivity contribution in [3.8, 4) is 0 Å². The van der Waals surface area contributed by atoms with E-state index in [1.165, 1.54) is 12.8 Å². The van der Waals surface area contributed by atoms with E-state index in [9.17, 15) is 4.79 Å². The molecule has 138 valence electrons. The molecule has 2 amide bonds. The summed E-state index contributed by atoms with van der Waals surface area (Å²) in [6, 6.07) is 10.0. The molecule has 2 fully saturated rings. The molecule has 6 nitrogen and oxygen atoms in total. The van der Waals surface area contributed by atoms with E-state index in [4.69, 9.17) is 4.74 Å². The van der Waals surface area contributed by atoms with Crippen LogP contribution in [0.15, 0.2) is 49.1 Å². The van der Waals surface area contributed by atoms with Gasteiger partial charge in [0.1, 0.15) is 0 Å². The number of ether oxygens (including phenoxy) is 1. The van der Waals surface area contributed by atoms with Crippen molar-refractivity contribution in [1.29, 1.82) is 0 Å². The van der Waals surface area contributed by atoms with E-state index >= 15 is 0 Å². The normalized spacial score (nSPS) is 20.2. The number of hydrogen-bond acceptors (Lipinski definition) is 3. The maximum absolute atomic E-state index is 13.0. The second-order valence-electron chi connectivity index (χ2n) is 7.33. The summed E-state index contributed by atoms with van der Waals surface area (Å²) in [4.78, 5) is 19.0. The zero-order valence-electron chi connectivity index (χ0n) is 15.0. The average Bonchev–Trinajstić information content (AvgIpc) is 3.34. The Labute approximate surface area is 154 Å². The highest BCUT2D eigenvalue weighted by atomic mass is 16.5. The molecule has 6 heteroatoms. The molecule has 0 bridgehead atoms. The number of amides is 2. The zero-order chi connectivity index (χ0) is 17.8. The Morgan fingerprint density at radius 2 is 2.08 bits per heavy atom. The van der Waals surface area contributed by atoms with Crippen molar-refractivity contribution in [3.05, 3.63) is 54.6 Å². The van der Waals surface area contributed by atoms with Crippen LogP contribution in [0.3, 0.4) is 0 Å². The largest absolute Gasteiger partial charge is 0.371 e. The van der Waals surface area contributed by atoms with E-state index in [0.29, 0.717) is 26.2 Å². The second kappa shape index (κ2) is 7.50. The van der Waals surface area contributed by atoms with Crippen molar-refractivity contribution in [2.24, 2.45) is 0 Å². The molecule has 4 rings (SSSR count). The third kappa shape index (κ3) is 3.75. The Bertz CT molecular complexity index is 711. The molecule has 1 aromatic carbocycles. The number of carbonyl (C=O) groups is 1. The molecule has 1 aliphatic carbocycles. The summed E-state index contributed by atoms with van der Waals surface area (Å²) >= 11 is 0. The van der Waals surface area contributed by atoms with E-state index < -0.39 is 0 Å². The summed E-state index contributed by atoms with van der Waals surface area (Å²) in [5.41, 5.74) is 0.987. The minimum Gasteiger partial charge on any atom is -0.371 e. The van der Waals surface area contributed by atoms with E-state index in [1.54, 1.807) is 12.5 Å². The standard InChI is InChI=1S/C20H26N4O2/c25-19(24-12-13-26-20(15-24)8-4-5-9-20)22-18(14-23-11-10-21-16-23)17-6-2-1-3-7-17/h1-3,6-7,10-11,16,18H,4-5,8-9,12-15H2,(H,22,25)/t18-/m1/s1. The number of aromatic nitrogens is 2. The number of hydrogen-bond donors (Lipinski definition) is 1. The molecule has 1 saturated carbocycles. The fourth-order valence-electron chi connectivity index (χ4n) is 4.11. The van der Waals surface area contributed by atoms with Crippen LogP contribution in [0.25, 0.3) is 0 Å². The first kappa shape index (κ1) is 17.1. The van der Waals surface area contributed by atoms with Crippen LogP contribution in [-0.4, -0.2) is 45.8 Å². The van der Waals surface area contributed by atoms with Gasteiger partial charge in [-0.15, -0.1) is 0 Å². The Hall–Kier alpha value is -2.34. The summed E-state index contributed by atoms with van der Waals surface area (Å²) < 4.78 is 8.04. The lowest BCUT2D eigenvalue weighted by Gasteiger charge is -2.41. The molecule has 1 aliphatic heterocycles. The maximum Gasteiger partial charge on any atom is 0.318 e. The number of benzene rings is 1. The number of imidazole rings is 1. The zero-order valence-corrected chi connectivity index (χ0v) is 15.0. The molecule has 1 saturated heterocycles. The maximum atomic E-state index is 13.0. The molecule has 2 aliphatic rings. The first-order valence-corrected chi connectivity index (χ1v) is 9.44. The molecule has 1 spiro atoms. The summed E-state index contributed by atoms with van der Waals surface area (Å²) in [6.07, 6.45) is 9.98. The van der Waals surface area contributed by atoms with Crippen LogP contribution in [0.2, 0.25) is 0 Å². The molecule has 1 aromatic heterocycles. The number of urea groups is 1. The minimum absolute atomic E-state index is 0.00598. The molecule has 26 heavy (non-hydrogen) atoms. The van der Waals surface area contributed by atoms with Crippen LogP contribution < -0.4 is 5.32 Å². The Kier molecular flexibility index (Phi) is 4.93. The molecule has 1 atom stereocenters. The van der Waals surface area contributed by atoms with Crippen molar-refractivity contribution >= 4 is 6.03 Å². The highest BCUT2D eigenvalue weighted by Crippen LogP contribution is 2.35. The van der Waals surface area contributed by atoms with E-state index in [0.717, 1.165) is 18.4 Å². The third-order valence-electron chi connectivity index (χ3n) is 5.50. The predicted octanol–water partition coefficient (Wildman–Crippen LogP) is 2.98. The van der Waals surface area contributed by atoms with Crippen LogP contribution >= 0.6 is 0 Å². The SMILES string of the molecule is O=C(N[C@H](Cn1ccnc1)c1ccccc1)N1CCOC2(CCCC2)C1. The van der Waals surface area contributed by atoms with Crippen molar-refractivity contribution in [1.82, 2.24) is 19.8 Å². The van der Waals surface area contributed by atoms with Crippen LogP contribution in [0.5, 0.6) is 0 Å². The first-order valence-electron chi connectivity index (χ1n) is 9.44. The fraction of sp³-hybridized carbons (Fsp3) is 0.500. The highest BCUT2D eigenvalue weighted by molar-refractivity contribution is 5.75. The van der Waals surface area contributed by atoms with Crippen molar-refractivity contribution < 1.29 is 9.53 Å². The van der Waals surface area contributed by atoms with Crippen molar-refractivity contribution in [3.63, 3.8) is 0 Å². The van der Waals surface area contributed by atoms with Crippen LogP contribution in [0.1, 0.15) is 37.3 Å². The van der Waals surface area contributed by atoms with Gasteiger partial charge in [0.25, 0.3) is 0 Å². The summed E-state index contributed by atoms with van der Waals surface area (Å²) in [5.74, 6) is 0. The monoisotopic (exact) mass is 354 g/mol. The fourth-order valence-corrected chi connectivity index (χ4v) is 4.11. The summed E-state index contributed by atoms with van der Waals surface area (Å²) in [6.45, 7) is 2.64. The van der Waals surface area contributed by atoms with Gasteiger partial charge in [-0.1, -0.05) is 43.2 Å². The van der Waals surface area contributed by atoms with Crippen LogP contribution in [0.4, 0.5) is 4.79 Å². The van der Waals surface area contributed by atoms with Gasteiger partial charge in [-0.3, -0.25) is 0 Å². The lowest BCUT2D eigenvalue weighted by molar-refractivity contribution is -0.0927. The minimum atomic E-state index is -0.109. The lowest BCUT2D eigenvalue weighted by Crippen LogP contribution is -2.55. The van der Waals surface area contributed by atoms with E-state index in [2.05, 4.69) is 22.4 Å². The lowest BCUT2D eigenvalue weighted by atomic mass is 10.00. The van der Waals surface area contributed by atoms with Gasteiger partial charge < -0.3 is 19.5 Å². The summed E-state index contributed by atoms with van der Waals surface area (Å²) in [5, 5.41) is 3.23. The van der Waals surface area contributed by atoms with Crippen molar-refractivity contribution in [2.75, 3.05) is 19.7 Å².